The summed E-state index contributed by atoms with van der Waals surface area (Å²) < 4.78 is 38.5. The third-order valence-electron chi connectivity index (χ3n) is 2.11. The monoisotopic (exact) mass is 261 g/mol. The molecule has 0 saturated heterocycles. The zero-order chi connectivity index (χ0) is 13.2. The fourth-order valence-corrected chi connectivity index (χ4v) is 2.97. The van der Waals surface area contributed by atoms with E-state index < -0.39 is 28.4 Å². The number of halogens is 1. The van der Waals surface area contributed by atoms with E-state index in [1.807, 2.05) is 4.72 Å². The van der Waals surface area contributed by atoms with Crippen molar-refractivity contribution in [3.8, 4) is 0 Å². The Balaban J connectivity index is 3.20. The molecular formula is C10H12FNO4S. The Morgan fingerprint density at radius 2 is 1.82 bits per heavy atom. The van der Waals surface area contributed by atoms with Crippen molar-refractivity contribution in [2.24, 2.45) is 0 Å². The summed E-state index contributed by atoms with van der Waals surface area (Å²) in [4.78, 5) is 10.2. The third-order valence-corrected chi connectivity index (χ3v) is 3.81. The van der Waals surface area contributed by atoms with Crippen molar-refractivity contribution < 1.29 is 22.7 Å². The van der Waals surface area contributed by atoms with E-state index in [-0.39, 0.29) is 16.0 Å². The first kappa shape index (κ1) is 13.6. The van der Waals surface area contributed by atoms with Gasteiger partial charge in [0, 0.05) is 0 Å². The number of aliphatic carboxylic acids is 1. The van der Waals surface area contributed by atoms with Crippen molar-refractivity contribution in [1.82, 2.24) is 4.72 Å². The molecule has 0 radical (unpaired) electrons. The molecular weight excluding hydrogens is 249 g/mol. The molecule has 0 unspecified atom stereocenters. The quantitative estimate of drug-likeness (QED) is 0.840. The molecule has 0 bridgehead atoms. The highest BCUT2D eigenvalue weighted by Crippen LogP contribution is 2.20. The van der Waals surface area contributed by atoms with Crippen molar-refractivity contribution in [2.45, 2.75) is 18.7 Å². The first-order chi connectivity index (χ1) is 7.74. The summed E-state index contributed by atoms with van der Waals surface area (Å²) in [7, 11) is -3.93. The van der Waals surface area contributed by atoms with Crippen LogP contribution in [-0.4, -0.2) is 26.0 Å². The Morgan fingerprint density at radius 3 is 2.24 bits per heavy atom. The summed E-state index contributed by atoms with van der Waals surface area (Å²) in [5.41, 5.74) is 0.473. The van der Waals surface area contributed by atoms with Gasteiger partial charge in [0.25, 0.3) is 0 Å². The maximum atomic E-state index is 13.0. The molecule has 0 saturated carbocycles. The molecule has 0 aliphatic carbocycles. The lowest BCUT2D eigenvalue weighted by atomic mass is 10.1. The van der Waals surface area contributed by atoms with Gasteiger partial charge in [-0.1, -0.05) is 0 Å². The zero-order valence-corrected chi connectivity index (χ0v) is 10.1. The summed E-state index contributed by atoms with van der Waals surface area (Å²) in [5.74, 6) is -1.82. The summed E-state index contributed by atoms with van der Waals surface area (Å²) >= 11 is 0. The Kier molecular flexibility index (Phi) is 3.84. The van der Waals surface area contributed by atoms with Gasteiger partial charge >= 0.3 is 5.97 Å². The number of carboxylic acids is 1. The molecule has 1 aromatic carbocycles. The van der Waals surface area contributed by atoms with Crippen LogP contribution in [0.2, 0.25) is 0 Å². The zero-order valence-electron chi connectivity index (χ0n) is 9.32. The first-order valence-electron chi connectivity index (χ1n) is 4.72. The molecule has 0 amide bonds. The van der Waals surface area contributed by atoms with Crippen LogP contribution in [0.4, 0.5) is 4.39 Å². The van der Waals surface area contributed by atoms with Crippen LogP contribution in [0.3, 0.4) is 0 Å². The van der Waals surface area contributed by atoms with Gasteiger partial charge in [-0.15, -0.1) is 0 Å². The summed E-state index contributed by atoms with van der Waals surface area (Å²) in [6.45, 7) is 2.19. The maximum absolute atomic E-state index is 13.0. The van der Waals surface area contributed by atoms with Crippen LogP contribution < -0.4 is 4.72 Å². The summed E-state index contributed by atoms with van der Waals surface area (Å²) in [6, 6.07) is 2.17. The Bertz CT molecular complexity index is 530. The highest BCUT2D eigenvalue weighted by Gasteiger charge is 2.20. The molecule has 1 aromatic rings. The van der Waals surface area contributed by atoms with Crippen LogP contribution in [0.15, 0.2) is 17.0 Å². The van der Waals surface area contributed by atoms with Crippen molar-refractivity contribution in [3.63, 3.8) is 0 Å². The Hall–Kier alpha value is -1.47. The van der Waals surface area contributed by atoms with E-state index in [4.69, 9.17) is 5.11 Å². The summed E-state index contributed by atoms with van der Waals surface area (Å²) in [5, 5.41) is 8.42. The van der Waals surface area contributed by atoms with Gasteiger partial charge in [-0.25, -0.2) is 12.8 Å². The van der Waals surface area contributed by atoms with Crippen LogP contribution >= 0.6 is 0 Å². The average Bonchev–Trinajstić information content (AvgIpc) is 2.12. The second-order valence-electron chi connectivity index (χ2n) is 3.59. The lowest BCUT2D eigenvalue weighted by Crippen LogP contribution is -2.30. The second kappa shape index (κ2) is 4.80. The minimum Gasteiger partial charge on any atom is -0.480 e. The van der Waals surface area contributed by atoms with Crippen molar-refractivity contribution in [2.75, 3.05) is 6.54 Å². The van der Waals surface area contributed by atoms with Gasteiger partial charge in [-0.3, -0.25) is 4.79 Å². The van der Waals surface area contributed by atoms with Crippen LogP contribution in [-0.2, 0) is 14.8 Å². The number of sulfonamides is 1. The highest BCUT2D eigenvalue weighted by atomic mass is 32.2. The Labute approximate surface area is 98.3 Å². The molecule has 2 N–H and O–H groups in total. The van der Waals surface area contributed by atoms with E-state index in [1.165, 1.54) is 13.8 Å². The van der Waals surface area contributed by atoms with Gasteiger partial charge in [0.05, 0.1) is 4.90 Å². The topological polar surface area (TPSA) is 83.5 Å². The van der Waals surface area contributed by atoms with Crippen LogP contribution in [0.25, 0.3) is 0 Å². The highest BCUT2D eigenvalue weighted by molar-refractivity contribution is 7.89. The predicted octanol–water partition coefficient (Wildman–Crippen LogP) is 0.805. The first-order valence-corrected chi connectivity index (χ1v) is 6.20. The molecule has 0 aliphatic rings. The number of benzene rings is 1. The fraction of sp³-hybridized carbons (Fsp3) is 0.300. The molecule has 5 nitrogen and oxygen atoms in total. The van der Waals surface area contributed by atoms with Crippen molar-refractivity contribution in [3.05, 3.63) is 29.1 Å². The smallest absolute Gasteiger partial charge is 0.318 e. The van der Waals surface area contributed by atoms with E-state index in [1.54, 1.807) is 0 Å². The molecule has 1 rings (SSSR count). The number of aryl methyl sites for hydroxylation is 2. The van der Waals surface area contributed by atoms with Crippen LogP contribution in [0, 0.1) is 19.7 Å². The van der Waals surface area contributed by atoms with Gasteiger partial charge in [0.15, 0.2) is 0 Å². The number of hydrogen-bond acceptors (Lipinski definition) is 3. The lowest BCUT2D eigenvalue weighted by molar-refractivity contribution is -0.135. The largest absolute Gasteiger partial charge is 0.480 e. The molecule has 94 valence electrons. The number of carbonyl (C=O) groups is 1. The standard InChI is InChI=1S/C10H12FNO4S/c1-6-3-8(11)4-7(2)10(6)17(15,16)12-5-9(13)14/h3-4,12H,5H2,1-2H3,(H,13,14). The van der Waals surface area contributed by atoms with Gasteiger partial charge in [0.1, 0.15) is 12.4 Å². The van der Waals surface area contributed by atoms with Crippen LogP contribution in [0.1, 0.15) is 11.1 Å². The molecule has 7 heteroatoms. The van der Waals surface area contributed by atoms with Gasteiger partial charge in [-0.2, -0.15) is 4.72 Å². The minimum absolute atomic E-state index is 0.0832. The fourth-order valence-electron chi connectivity index (χ4n) is 1.55. The average molecular weight is 261 g/mol. The molecule has 0 atom stereocenters. The lowest BCUT2D eigenvalue weighted by Gasteiger charge is -2.11. The van der Waals surface area contributed by atoms with Crippen molar-refractivity contribution in [1.29, 1.82) is 0 Å². The Morgan fingerprint density at radius 1 is 1.35 bits per heavy atom. The third kappa shape index (κ3) is 3.24. The van der Waals surface area contributed by atoms with E-state index in [0.717, 1.165) is 12.1 Å². The van der Waals surface area contributed by atoms with E-state index >= 15 is 0 Å². The number of carboxylic acid groups (broad SMARTS) is 1. The maximum Gasteiger partial charge on any atom is 0.318 e. The summed E-state index contributed by atoms with van der Waals surface area (Å²) in [6.07, 6.45) is 0. The predicted molar refractivity (Wildman–Crippen MR) is 58.7 cm³/mol. The van der Waals surface area contributed by atoms with Gasteiger partial charge in [-0.05, 0) is 37.1 Å². The molecule has 0 heterocycles. The number of hydrogen-bond donors (Lipinski definition) is 2. The number of rotatable bonds is 4. The molecule has 17 heavy (non-hydrogen) atoms. The SMILES string of the molecule is Cc1cc(F)cc(C)c1S(=O)(=O)NCC(=O)O. The van der Waals surface area contributed by atoms with Gasteiger partial charge in [0.2, 0.25) is 10.0 Å². The molecule has 0 aromatic heterocycles. The van der Waals surface area contributed by atoms with E-state index in [9.17, 15) is 17.6 Å². The van der Waals surface area contributed by atoms with E-state index in [0.29, 0.717) is 0 Å². The molecule has 0 aliphatic heterocycles. The van der Waals surface area contributed by atoms with Crippen molar-refractivity contribution >= 4 is 16.0 Å². The minimum atomic E-state index is -3.93. The van der Waals surface area contributed by atoms with E-state index in [2.05, 4.69) is 0 Å². The second-order valence-corrected chi connectivity index (χ2v) is 5.29. The number of nitrogens with one attached hydrogen (secondary N) is 1. The molecule has 0 spiro atoms. The normalized spacial score (nSPS) is 11.5. The van der Waals surface area contributed by atoms with Gasteiger partial charge < -0.3 is 5.11 Å². The molecule has 0 fully saturated rings. The van der Waals surface area contributed by atoms with Crippen LogP contribution in [0.5, 0.6) is 0 Å².